The lowest BCUT2D eigenvalue weighted by Gasteiger charge is -2.37. The largest absolute Gasteiger partial charge is 0.325 e. The molecule has 0 aromatic heterocycles. The van der Waals surface area contributed by atoms with E-state index < -0.39 is 0 Å². The van der Waals surface area contributed by atoms with Crippen LogP contribution in [0.15, 0.2) is 24.3 Å². The van der Waals surface area contributed by atoms with Crippen molar-refractivity contribution in [3.63, 3.8) is 0 Å². The second-order valence-electron chi connectivity index (χ2n) is 4.88. The first-order chi connectivity index (χ1) is 8.61. The Labute approximate surface area is 108 Å². The molecule has 1 amide bonds. The van der Waals surface area contributed by atoms with E-state index in [0.717, 1.165) is 24.3 Å². The summed E-state index contributed by atoms with van der Waals surface area (Å²) >= 11 is 0. The summed E-state index contributed by atoms with van der Waals surface area (Å²) in [4.78, 5) is 16.2. The van der Waals surface area contributed by atoms with E-state index in [4.69, 9.17) is 5.73 Å². The number of rotatable bonds is 4. The van der Waals surface area contributed by atoms with Crippen molar-refractivity contribution in [2.45, 2.75) is 19.9 Å². The van der Waals surface area contributed by atoms with Crippen molar-refractivity contribution in [2.24, 2.45) is 5.73 Å². The van der Waals surface area contributed by atoms with Crippen molar-refractivity contribution in [2.75, 3.05) is 31.1 Å². The molecule has 1 heterocycles. The Morgan fingerprint density at radius 1 is 1.44 bits per heavy atom. The molecule has 0 bridgehead atoms. The van der Waals surface area contributed by atoms with Gasteiger partial charge in [0.2, 0.25) is 5.91 Å². The molecule has 0 atom stereocenters. The summed E-state index contributed by atoms with van der Waals surface area (Å²) in [5, 5.41) is 0. The first-order valence-corrected chi connectivity index (χ1v) is 6.45. The third-order valence-electron chi connectivity index (χ3n) is 3.37. The highest BCUT2D eigenvalue weighted by atomic mass is 16.2. The molecule has 1 saturated heterocycles. The second kappa shape index (κ2) is 5.50. The number of carbonyl (C=O) groups is 1. The zero-order valence-corrected chi connectivity index (χ0v) is 11.1. The third-order valence-corrected chi connectivity index (χ3v) is 3.37. The number of hydrogen-bond donors (Lipinski definition) is 1. The molecule has 0 aliphatic carbocycles. The zero-order valence-electron chi connectivity index (χ0n) is 11.1. The van der Waals surface area contributed by atoms with E-state index in [2.05, 4.69) is 4.90 Å². The number of carbonyl (C=O) groups excluding carboxylic acids is 1. The van der Waals surface area contributed by atoms with Gasteiger partial charge in [-0.1, -0.05) is 18.2 Å². The number of benzene rings is 1. The van der Waals surface area contributed by atoms with Gasteiger partial charge in [-0.15, -0.1) is 0 Å². The van der Waals surface area contributed by atoms with Crippen molar-refractivity contribution >= 4 is 11.6 Å². The van der Waals surface area contributed by atoms with Gasteiger partial charge < -0.3 is 10.6 Å². The van der Waals surface area contributed by atoms with Crippen LogP contribution in [-0.4, -0.2) is 43.0 Å². The molecule has 4 nitrogen and oxygen atoms in total. The Kier molecular flexibility index (Phi) is 3.99. The van der Waals surface area contributed by atoms with Crippen LogP contribution in [0.1, 0.15) is 12.5 Å². The summed E-state index contributed by atoms with van der Waals surface area (Å²) in [5.41, 5.74) is 7.86. The van der Waals surface area contributed by atoms with Crippen LogP contribution in [0.3, 0.4) is 0 Å². The monoisotopic (exact) mass is 247 g/mol. The molecular formula is C14H21N3O. The van der Waals surface area contributed by atoms with E-state index in [1.165, 1.54) is 0 Å². The minimum atomic E-state index is 0.152. The van der Waals surface area contributed by atoms with E-state index in [1.807, 2.05) is 43.0 Å². The third kappa shape index (κ3) is 2.71. The lowest BCUT2D eigenvalue weighted by atomic mass is 10.1. The smallest absolute Gasteiger partial charge is 0.241 e. The van der Waals surface area contributed by atoms with Crippen molar-refractivity contribution < 1.29 is 4.79 Å². The fourth-order valence-corrected chi connectivity index (χ4v) is 2.36. The first-order valence-electron chi connectivity index (χ1n) is 6.45. The number of amides is 1. The van der Waals surface area contributed by atoms with Gasteiger partial charge in [-0.2, -0.15) is 0 Å². The molecule has 0 saturated carbocycles. The van der Waals surface area contributed by atoms with Crippen molar-refractivity contribution in [3.05, 3.63) is 29.8 Å². The van der Waals surface area contributed by atoms with Crippen LogP contribution in [-0.2, 0) is 4.79 Å². The van der Waals surface area contributed by atoms with E-state index in [9.17, 15) is 4.79 Å². The Morgan fingerprint density at radius 3 is 2.67 bits per heavy atom. The minimum Gasteiger partial charge on any atom is -0.325 e. The van der Waals surface area contributed by atoms with E-state index in [1.54, 1.807) is 0 Å². The Hall–Kier alpha value is -1.39. The second-order valence-corrected chi connectivity index (χ2v) is 4.88. The van der Waals surface area contributed by atoms with Crippen LogP contribution < -0.4 is 10.6 Å². The van der Waals surface area contributed by atoms with E-state index in [-0.39, 0.29) is 11.9 Å². The summed E-state index contributed by atoms with van der Waals surface area (Å²) in [6.45, 7) is 6.87. The molecule has 98 valence electrons. The highest BCUT2D eigenvalue weighted by Crippen LogP contribution is 2.20. The van der Waals surface area contributed by atoms with Crippen LogP contribution in [0.4, 0.5) is 5.69 Å². The van der Waals surface area contributed by atoms with Crippen LogP contribution >= 0.6 is 0 Å². The average Bonchev–Trinajstić information content (AvgIpc) is 2.30. The standard InChI is InChI=1S/C14H21N3O/c1-3-17(13-7-5-4-6-11(13)2)14(18)10-16-8-12(15)9-16/h4-7,12H,3,8-10,15H2,1-2H3. The van der Waals surface area contributed by atoms with Crippen molar-refractivity contribution in [3.8, 4) is 0 Å². The Balaban J connectivity index is 2.04. The summed E-state index contributed by atoms with van der Waals surface area (Å²) in [7, 11) is 0. The van der Waals surface area contributed by atoms with Crippen LogP contribution in [0, 0.1) is 6.92 Å². The van der Waals surface area contributed by atoms with Gasteiger partial charge in [-0.3, -0.25) is 9.69 Å². The number of likely N-dealkylation sites (tertiary alicyclic amines) is 1. The number of para-hydroxylation sites is 1. The lowest BCUT2D eigenvalue weighted by molar-refractivity contribution is -0.120. The summed E-state index contributed by atoms with van der Waals surface area (Å²) in [6, 6.07) is 8.23. The van der Waals surface area contributed by atoms with Gasteiger partial charge in [0.15, 0.2) is 0 Å². The molecular weight excluding hydrogens is 226 g/mol. The molecule has 1 aliphatic rings. The molecule has 4 heteroatoms. The average molecular weight is 247 g/mol. The number of nitrogens with two attached hydrogens (primary N) is 1. The van der Waals surface area contributed by atoms with Crippen LogP contribution in [0.25, 0.3) is 0 Å². The van der Waals surface area contributed by atoms with Gasteiger partial charge in [0.05, 0.1) is 6.54 Å². The SMILES string of the molecule is CCN(C(=O)CN1CC(N)C1)c1ccccc1C. The van der Waals surface area contributed by atoms with Gasteiger partial charge >= 0.3 is 0 Å². The molecule has 2 rings (SSSR count). The van der Waals surface area contributed by atoms with Crippen molar-refractivity contribution in [1.29, 1.82) is 0 Å². The number of aryl methyl sites for hydroxylation is 1. The fourth-order valence-electron chi connectivity index (χ4n) is 2.36. The van der Waals surface area contributed by atoms with E-state index in [0.29, 0.717) is 13.1 Å². The summed E-state index contributed by atoms with van der Waals surface area (Å²) in [5.74, 6) is 0.152. The highest BCUT2D eigenvalue weighted by Gasteiger charge is 2.27. The Morgan fingerprint density at radius 2 is 2.11 bits per heavy atom. The highest BCUT2D eigenvalue weighted by molar-refractivity contribution is 5.95. The molecule has 2 N–H and O–H groups in total. The van der Waals surface area contributed by atoms with Gasteiger partial charge in [-0.05, 0) is 25.5 Å². The van der Waals surface area contributed by atoms with Gasteiger partial charge in [0.25, 0.3) is 0 Å². The predicted octanol–water partition coefficient (Wildman–Crippen LogP) is 0.991. The summed E-state index contributed by atoms with van der Waals surface area (Å²) in [6.07, 6.45) is 0. The summed E-state index contributed by atoms with van der Waals surface area (Å²) < 4.78 is 0. The van der Waals surface area contributed by atoms with Gasteiger partial charge in [0, 0.05) is 31.4 Å². The predicted molar refractivity (Wildman–Crippen MR) is 73.6 cm³/mol. The van der Waals surface area contributed by atoms with Crippen LogP contribution in [0.2, 0.25) is 0 Å². The van der Waals surface area contributed by atoms with Crippen LogP contribution in [0.5, 0.6) is 0 Å². The molecule has 1 aromatic rings. The molecule has 1 aromatic carbocycles. The van der Waals surface area contributed by atoms with Crippen molar-refractivity contribution in [1.82, 2.24) is 4.90 Å². The minimum absolute atomic E-state index is 0.152. The Bertz CT molecular complexity index is 427. The maximum atomic E-state index is 12.3. The van der Waals surface area contributed by atoms with Gasteiger partial charge in [0.1, 0.15) is 0 Å². The molecule has 18 heavy (non-hydrogen) atoms. The first kappa shape index (κ1) is 13.1. The van der Waals surface area contributed by atoms with Gasteiger partial charge in [-0.25, -0.2) is 0 Å². The lowest BCUT2D eigenvalue weighted by Crippen LogP contribution is -2.58. The fraction of sp³-hybridized carbons (Fsp3) is 0.500. The molecule has 1 aliphatic heterocycles. The topological polar surface area (TPSA) is 49.6 Å². The number of nitrogens with zero attached hydrogens (tertiary/aromatic N) is 2. The van der Waals surface area contributed by atoms with E-state index >= 15 is 0 Å². The molecule has 0 unspecified atom stereocenters. The molecule has 1 fully saturated rings. The number of hydrogen-bond acceptors (Lipinski definition) is 3. The quantitative estimate of drug-likeness (QED) is 0.863. The molecule has 0 spiro atoms. The maximum absolute atomic E-state index is 12.3. The normalized spacial score (nSPS) is 16.4. The zero-order chi connectivity index (χ0) is 13.1. The number of likely N-dealkylation sites (N-methyl/N-ethyl adjacent to an activating group) is 1. The maximum Gasteiger partial charge on any atom is 0.241 e. The molecule has 0 radical (unpaired) electrons. The number of anilines is 1.